The fourth-order valence-electron chi connectivity index (χ4n) is 1.95. The molecular formula is C15H13N3OS. The number of hydrogen-bond acceptors (Lipinski definition) is 4. The molecule has 1 aromatic carbocycles. The molecule has 3 aromatic rings. The van der Waals surface area contributed by atoms with Crippen LogP contribution in [0.4, 0.5) is 0 Å². The van der Waals surface area contributed by atoms with Crippen molar-refractivity contribution >= 4 is 17.1 Å². The van der Waals surface area contributed by atoms with E-state index in [0.29, 0.717) is 6.42 Å². The summed E-state index contributed by atoms with van der Waals surface area (Å²) in [7, 11) is 1.93. The van der Waals surface area contributed by atoms with E-state index in [1.54, 1.807) is 6.20 Å². The molecule has 0 amide bonds. The van der Waals surface area contributed by atoms with Gasteiger partial charge in [-0.1, -0.05) is 30.3 Å². The summed E-state index contributed by atoms with van der Waals surface area (Å²) in [5.41, 5.74) is 1.51. The van der Waals surface area contributed by atoms with Crippen molar-refractivity contribution in [1.82, 2.24) is 14.5 Å². The fraction of sp³-hybridized carbons (Fsp3) is 0.133. The molecule has 3 rings (SSSR count). The highest BCUT2D eigenvalue weighted by Crippen LogP contribution is 2.22. The molecule has 0 atom stereocenters. The van der Waals surface area contributed by atoms with Crippen molar-refractivity contribution in [3.63, 3.8) is 0 Å². The number of aryl methyl sites for hydroxylation is 1. The second-order valence-corrected chi connectivity index (χ2v) is 5.33. The predicted octanol–water partition coefficient (Wildman–Crippen LogP) is 2.97. The van der Waals surface area contributed by atoms with Crippen molar-refractivity contribution in [3.05, 3.63) is 59.4 Å². The van der Waals surface area contributed by atoms with Gasteiger partial charge in [0, 0.05) is 30.4 Å². The average Bonchev–Trinajstić information content (AvgIpc) is 3.08. The number of hydrogen-bond donors (Lipinski definition) is 0. The number of thiazole rings is 1. The molecule has 0 aliphatic carbocycles. The molecule has 0 saturated carbocycles. The Hall–Kier alpha value is -2.27. The first kappa shape index (κ1) is 12.7. The van der Waals surface area contributed by atoms with Crippen molar-refractivity contribution in [2.24, 2.45) is 7.05 Å². The summed E-state index contributed by atoms with van der Waals surface area (Å²) in [6.07, 6.45) is 3.95. The number of imidazole rings is 1. The van der Waals surface area contributed by atoms with Crippen molar-refractivity contribution in [1.29, 1.82) is 0 Å². The van der Waals surface area contributed by atoms with Gasteiger partial charge >= 0.3 is 0 Å². The van der Waals surface area contributed by atoms with E-state index in [1.165, 1.54) is 11.3 Å². The lowest BCUT2D eigenvalue weighted by atomic mass is 10.1. The van der Waals surface area contributed by atoms with Gasteiger partial charge in [-0.15, -0.1) is 11.3 Å². The first-order chi connectivity index (χ1) is 9.74. The molecule has 100 valence electrons. The second-order valence-electron chi connectivity index (χ2n) is 4.47. The van der Waals surface area contributed by atoms with Crippen LogP contribution >= 0.6 is 11.3 Å². The number of rotatable bonds is 4. The van der Waals surface area contributed by atoms with E-state index in [0.717, 1.165) is 22.1 Å². The summed E-state index contributed by atoms with van der Waals surface area (Å²) >= 11 is 1.51. The topological polar surface area (TPSA) is 47.8 Å². The minimum absolute atomic E-state index is 0.0855. The van der Waals surface area contributed by atoms with E-state index in [2.05, 4.69) is 9.97 Å². The molecule has 0 radical (unpaired) electrons. The molecule has 0 fully saturated rings. The van der Waals surface area contributed by atoms with E-state index in [9.17, 15) is 4.79 Å². The standard InChI is InChI=1S/C15H13N3OS/c1-18-8-7-16-14(18)15-17-12(10-20-15)9-13(19)11-5-3-2-4-6-11/h2-8,10H,9H2,1H3. The molecule has 0 saturated heterocycles. The maximum Gasteiger partial charge on any atom is 0.168 e. The fourth-order valence-corrected chi connectivity index (χ4v) is 2.81. The van der Waals surface area contributed by atoms with Gasteiger partial charge in [-0.25, -0.2) is 9.97 Å². The molecule has 0 bridgehead atoms. The van der Waals surface area contributed by atoms with Crippen LogP contribution in [0.2, 0.25) is 0 Å². The Bertz CT molecular complexity index is 730. The summed E-state index contributed by atoms with van der Waals surface area (Å²) < 4.78 is 1.92. The molecule has 2 heterocycles. The summed E-state index contributed by atoms with van der Waals surface area (Å²) in [5.74, 6) is 0.913. The van der Waals surface area contributed by atoms with Crippen LogP contribution in [0, 0.1) is 0 Å². The van der Waals surface area contributed by atoms with Crippen LogP contribution in [0.5, 0.6) is 0 Å². The van der Waals surface area contributed by atoms with Crippen LogP contribution < -0.4 is 0 Å². The lowest BCUT2D eigenvalue weighted by molar-refractivity contribution is 0.0992. The highest BCUT2D eigenvalue weighted by atomic mass is 32.1. The molecule has 4 nitrogen and oxygen atoms in total. The number of carbonyl (C=O) groups is 1. The van der Waals surface area contributed by atoms with Gasteiger partial charge in [0.25, 0.3) is 0 Å². The van der Waals surface area contributed by atoms with Crippen LogP contribution in [-0.2, 0) is 13.5 Å². The van der Waals surface area contributed by atoms with Gasteiger partial charge in [-0.2, -0.15) is 0 Å². The number of aromatic nitrogens is 3. The van der Waals surface area contributed by atoms with Crippen molar-refractivity contribution < 1.29 is 4.79 Å². The quantitative estimate of drug-likeness (QED) is 0.692. The largest absolute Gasteiger partial charge is 0.332 e. The van der Waals surface area contributed by atoms with E-state index in [-0.39, 0.29) is 5.78 Å². The summed E-state index contributed by atoms with van der Waals surface area (Å²) in [4.78, 5) is 20.9. The Morgan fingerprint density at radius 1 is 1.30 bits per heavy atom. The zero-order valence-corrected chi connectivity index (χ0v) is 11.8. The Labute approximate surface area is 120 Å². The third-order valence-corrected chi connectivity index (χ3v) is 3.89. The molecule has 0 spiro atoms. The third kappa shape index (κ3) is 2.53. The summed E-state index contributed by atoms with van der Waals surface area (Å²) in [5, 5.41) is 2.76. The first-order valence-corrected chi connectivity index (χ1v) is 7.12. The van der Waals surface area contributed by atoms with Gasteiger partial charge in [-0.05, 0) is 0 Å². The molecule has 0 aliphatic rings. The number of carbonyl (C=O) groups excluding carboxylic acids is 1. The smallest absolute Gasteiger partial charge is 0.168 e. The predicted molar refractivity (Wildman–Crippen MR) is 78.8 cm³/mol. The molecular weight excluding hydrogens is 270 g/mol. The normalized spacial score (nSPS) is 10.7. The zero-order chi connectivity index (χ0) is 13.9. The minimum atomic E-state index is 0.0855. The van der Waals surface area contributed by atoms with Gasteiger partial charge in [0.15, 0.2) is 16.6 Å². The van der Waals surface area contributed by atoms with Crippen molar-refractivity contribution in [3.8, 4) is 10.8 Å². The molecule has 0 aliphatic heterocycles. The summed E-state index contributed by atoms with van der Waals surface area (Å²) in [6, 6.07) is 9.29. The molecule has 0 N–H and O–H groups in total. The monoisotopic (exact) mass is 283 g/mol. The number of benzene rings is 1. The van der Waals surface area contributed by atoms with Gasteiger partial charge in [0.2, 0.25) is 0 Å². The number of nitrogens with zero attached hydrogens (tertiary/aromatic N) is 3. The minimum Gasteiger partial charge on any atom is -0.332 e. The number of ketones is 1. The molecule has 20 heavy (non-hydrogen) atoms. The Morgan fingerprint density at radius 3 is 2.80 bits per heavy atom. The lowest BCUT2D eigenvalue weighted by Crippen LogP contribution is -2.03. The average molecular weight is 283 g/mol. The maximum atomic E-state index is 12.1. The lowest BCUT2D eigenvalue weighted by Gasteiger charge is -1.98. The molecule has 5 heteroatoms. The van der Waals surface area contributed by atoms with Crippen LogP contribution in [0.25, 0.3) is 10.8 Å². The number of Topliss-reactive ketones (excluding diaryl/α,β-unsaturated/α-hetero) is 1. The van der Waals surface area contributed by atoms with Gasteiger partial charge in [0.1, 0.15) is 0 Å². The van der Waals surface area contributed by atoms with Crippen LogP contribution in [0.1, 0.15) is 16.1 Å². The molecule has 0 unspecified atom stereocenters. The Balaban J connectivity index is 1.78. The van der Waals surface area contributed by atoms with E-state index in [4.69, 9.17) is 0 Å². The van der Waals surface area contributed by atoms with Crippen LogP contribution in [0.15, 0.2) is 48.1 Å². The first-order valence-electron chi connectivity index (χ1n) is 6.24. The highest BCUT2D eigenvalue weighted by molar-refractivity contribution is 7.13. The van der Waals surface area contributed by atoms with Crippen LogP contribution in [-0.4, -0.2) is 20.3 Å². The molecule has 2 aromatic heterocycles. The zero-order valence-electron chi connectivity index (χ0n) is 11.0. The maximum absolute atomic E-state index is 12.1. The highest BCUT2D eigenvalue weighted by Gasteiger charge is 2.12. The van der Waals surface area contributed by atoms with E-state index >= 15 is 0 Å². The Morgan fingerprint density at radius 2 is 2.10 bits per heavy atom. The Kier molecular flexibility index (Phi) is 3.43. The van der Waals surface area contributed by atoms with Crippen molar-refractivity contribution in [2.75, 3.05) is 0 Å². The van der Waals surface area contributed by atoms with Gasteiger partial charge in [-0.3, -0.25) is 4.79 Å². The van der Waals surface area contributed by atoms with Crippen LogP contribution in [0.3, 0.4) is 0 Å². The van der Waals surface area contributed by atoms with E-state index < -0.39 is 0 Å². The summed E-state index contributed by atoms with van der Waals surface area (Å²) in [6.45, 7) is 0. The van der Waals surface area contributed by atoms with Crippen molar-refractivity contribution in [2.45, 2.75) is 6.42 Å². The third-order valence-electron chi connectivity index (χ3n) is 3.00. The second kappa shape index (κ2) is 5.38. The van der Waals surface area contributed by atoms with Gasteiger partial charge < -0.3 is 4.57 Å². The van der Waals surface area contributed by atoms with E-state index in [1.807, 2.05) is 53.5 Å². The SMILES string of the molecule is Cn1ccnc1-c1nc(CC(=O)c2ccccc2)cs1. The van der Waals surface area contributed by atoms with Gasteiger partial charge in [0.05, 0.1) is 12.1 Å².